The van der Waals surface area contributed by atoms with Gasteiger partial charge in [0.25, 0.3) is 0 Å². The van der Waals surface area contributed by atoms with Crippen molar-refractivity contribution in [1.29, 1.82) is 0 Å². The minimum Gasteiger partial charge on any atom is -0.480 e. The quantitative estimate of drug-likeness (QED) is 0.0140. The van der Waals surface area contributed by atoms with Crippen LogP contribution in [0.1, 0.15) is 118 Å². The number of benzene rings is 6. The van der Waals surface area contributed by atoms with Crippen molar-refractivity contribution in [2.24, 2.45) is 0 Å². The molecule has 694 valence electrons. The highest BCUT2D eigenvalue weighted by atomic mass is 32.2. The van der Waals surface area contributed by atoms with Crippen molar-refractivity contribution < 1.29 is 149 Å². The maximum absolute atomic E-state index is 13.3. The Labute approximate surface area is 779 Å². The first-order valence-electron chi connectivity index (χ1n) is 37.8. The Balaban J connectivity index is 0.000000411. The van der Waals surface area contributed by atoms with Gasteiger partial charge in [-0.1, -0.05) is 132 Å². The molecule has 0 aliphatic heterocycles. The standard InChI is InChI=1S/C30H33N3O11S3.C29H31N3O11S3.C24H24N2O9S2/c1-16(34)31-21(13-45)30(41)47-15-23(33-18(3)36)28(39)44-24-11-7-5-9-19(24)26(37)43-25-12-8-6-10-20(25)29(40)46-14-22(27(38)42-4)32-17(2)35;1-15(33)30-20(12-44)29(41)46-14-22(32-17(3)35)27(39)43-23-10-6-4-8-18(23)26(38)42-24-11-7-5-9-19(24)28(40)45-13-21(25(36)37)31-16(2)34;1-13(27)25-17(11-36)24(33)37-12-18(26-14(2)28)23(32)35-20-10-6-4-8-16(20)22(31)34-19-9-5-3-7-15(19)21(29)30/h5-12,21-23,45H,13-15H2,1-4H3,(H,31,34)(H,32,35)(H,33,36);4-11,20-22,44H,12-14H2,1-3H3,(H,30,33)(H,31,34)(H,32,35)(H,36,37);3-10,17-18,36H,11-12H2,1-2H3,(H,25,27)(H,26,28)(H,29,30). The Morgan fingerprint density at radius 3 is 0.708 bits per heavy atom. The maximum atomic E-state index is 13.3. The summed E-state index contributed by atoms with van der Waals surface area (Å²) >= 11 is 15.5. The summed E-state index contributed by atoms with van der Waals surface area (Å²) in [7, 11) is 1.14. The van der Waals surface area contributed by atoms with Crippen molar-refractivity contribution in [3.63, 3.8) is 0 Å². The molecule has 6 rings (SSSR count). The van der Waals surface area contributed by atoms with Crippen molar-refractivity contribution in [3.05, 3.63) is 179 Å². The van der Waals surface area contributed by atoms with E-state index in [1.807, 2.05) is 0 Å². The molecule has 10 N–H and O–H groups in total. The molecule has 0 aliphatic rings. The first kappa shape index (κ1) is 110. The SMILES string of the molecule is CC(=O)NC(CSC(=O)C(CS)NC(C)=O)C(=O)Oc1ccccc1C(=O)Oc1ccccc1C(=O)O.CC(=O)NC(CSC(=O)c1ccccc1OC(=O)c1ccccc1OC(=O)C(CSC(=O)C(CS)NC(C)=O)NC(C)=O)C(=O)O.COC(=O)C(CSC(=O)c1ccccc1OC(=O)c1ccccc1OC(=O)C(CSC(=O)C(CS)NC(C)=O)NC(C)=O)NC(C)=O. The summed E-state index contributed by atoms with van der Waals surface area (Å²) in [5, 5.41) is 35.0. The number of carboxylic acid groups (broad SMARTS) is 2. The van der Waals surface area contributed by atoms with Gasteiger partial charge in [-0.3, -0.25) is 62.3 Å². The summed E-state index contributed by atoms with van der Waals surface area (Å²) < 4.78 is 37.1. The van der Waals surface area contributed by atoms with E-state index >= 15 is 0 Å². The number of amides is 8. The highest BCUT2D eigenvalue weighted by Gasteiger charge is 2.34. The normalized spacial score (nSPS) is 12.3. The van der Waals surface area contributed by atoms with E-state index in [1.54, 1.807) is 0 Å². The number of methoxy groups -OCH3 is 1. The van der Waals surface area contributed by atoms with Crippen LogP contribution in [-0.4, -0.2) is 238 Å². The average Bonchev–Trinajstić information content (AvgIpc) is 0.838. The van der Waals surface area contributed by atoms with Crippen LogP contribution in [0.4, 0.5) is 0 Å². The van der Waals surface area contributed by atoms with Gasteiger partial charge in [-0.05, 0) is 72.8 Å². The third-order valence-corrected chi connectivity index (χ3v) is 22.2. The van der Waals surface area contributed by atoms with E-state index in [9.17, 15) is 116 Å². The van der Waals surface area contributed by atoms with Gasteiger partial charge in [0.2, 0.25) is 72.8 Å². The molecule has 0 radical (unpaired) electrons. The number of carboxylic acids is 2. The molecule has 0 spiro atoms. The van der Waals surface area contributed by atoms with Gasteiger partial charge in [-0.2, -0.15) is 37.9 Å². The molecule has 6 aromatic rings. The van der Waals surface area contributed by atoms with E-state index in [0.717, 1.165) is 21.0 Å². The molecule has 0 saturated carbocycles. The Kier molecular flexibility index (Phi) is 47.9. The highest BCUT2D eigenvalue weighted by molar-refractivity contribution is 8.15. The van der Waals surface area contributed by atoms with E-state index in [1.165, 1.54) is 187 Å². The van der Waals surface area contributed by atoms with Crippen molar-refractivity contribution >= 4 is 223 Å². The second kappa shape index (κ2) is 56.7. The molecule has 8 atom stereocenters. The number of carbonyl (C=O) groups is 22. The average molecular weight is 1950 g/mol. The molecule has 0 heterocycles. The number of ether oxygens (including phenoxy) is 7. The molecule has 130 heavy (non-hydrogen) atoms. The lowest BCUT2D eigenvalue weighted by Crippen LogP contribution is -2.45. The Bertz CT molecular complexity index is 5220. The number of hydrogen-bond acceptors (Lipinski definition) is 37. The summed E-state index contributed by atoms with van der Waals surface area (Å²) in [4.78, 5) is 268. The van der Waals surface area contributed by atoms with Crippen LogP contribution in [0.3, 0.4) is 0 Å². The van der Waals surface area contributed by atoms with Crippen molar-refractivity contribution in [1.82, 2.24) is 42.5 Å². The molecule has 39 nitrogen and oxygen atoms in total. The number of rotatable bonds is 41. The molecule has 0 aromatic heterocycles. The van der Waals surface area contributed by atoms with Gasteiger partial charge in [0.15, 0.2) is 0 Å². The number of aromatic carboxylic acids is 1. The predicted molar refractivity (Wildman–Crippen MR) is 485 cm³/mol. The van der Waals surface area contributed by atoms with Crippen LogP contribution in [0, 0.1) is 0 Å². The number of nitrogens with one attached hydrogen (secondary N) is 8. The number of carbonyl (C=O) groups excluding carboxylic acids is 20. The largest absolute Gasteiger partial charge is 0.480 e. The van der Waals surface area contributed by atoms with Gasteiger partial charge >= 0.3 is 53.7 Å². The zero-order valence-corrected chi connectivity index (χ0v) is 77.0. The van der Waals surface area contributed by atoms with Gasteiger partial charge < -0.3 is 85.9 Å². The van der Waals surface area contributed by atoms with Crippen LogP contribution in [0.5, 0.6) is 34.5 Å². The fourth-order valence-electron chi connectivity index (χ4n) is 10.1. The van der Waals surface area contributed by atoms with Gasteiger partial charge in [-0.25, -0.2) is 43.2 Å². The number of thioether (sulfide) groups is 5. The fraction of sp³-hybridized carbons (Fsp3) is 0.301. The third-order valence-electron chi connectivity index (χ3n) is 15.9. The van der Waals surface area contributed by atoms with Crippen LogP contribution in [0.15, 0.2) is 146 Å². The van der Waals surface area contributed by atoms with Crippen LogP contribution in [0.2, 0.25) is 0 Å². The smallest absolute Gasteiger partial charge is 0.347 e. The van der Waals surface area contributed by atoms with Crippen LogP contribution >= 0.6 is 96.7 Å². The molecular formula is C83H88N8O31S8. The minimum atomic E-state index is -1.33. The van der Waals surface area contributed by atoms with E-state index in [4.69, 9.17) is 28.4 Å². The van der Waals surface area contributed by atoms with E-state index in [-0.39, 0.29) is 114 Å². The lowest BCUT2D eigenvalue weighted by molar-refractivity contribution is -0.144. The van der Waals surface area contributed by atoms with Gasteiger partial charge in [0.05, 0.1) is 18.2 Å². The summed E-state index contributed by atoms with van der Waals surface area (Å²) in [6, 6.07) is 24.7. The number of hydrogen-bond donors (Lipinski definition) is 13. The topological polar surface area (TPSA) is 577 Å². The first-order chi connectivity index (χ1) is 61.5. The van der Waals surface area contributed by atoms with Crippen LogP contribution in [0.25, 0.3) is 0 Å². The molecule has 47 heteroatoms. The first-order valence-corrected chi connectivity index (χ1v) is 44.6. The Morgan fingerprint density at radius 2 is 0.469 bits per heavy atom. The second-order valence-electron chi connectivity index (χ2n) is 26.2. The van der Waals surface area contributed by atoms with Gasteiger partial charge in [0, 0.05) is 101 Å². The van der Waals surface area contributed by atoms with E-state index in [0.29, 0.717) is 58.8 Å². The number of thiol groups is 3. The summed E-state index contributed by atoms with van der Waals surface area (Å²) in [5.41, 5.74) is -0.906. The maximum Gasteiger partial charge on any atom is 0.347 e. The molecule has 0 aliphatic carbocycles. The van der Waals surface area contributed by atoms with Gasteiger partial charge in [-0.15, -0.1) is 0 Å². The summed E-state index contributed by atoms with van der Waals surface area (Å²) in [6.45, 7) is 9.56. The Morgan fingerprint density at radius 1 is 0.269 bits per heavy atom. The zero-order valence-electron chi connectivity index (χ0n) is 70.2. The van der Waals surface area contributed by atoms with Crippen molar-refractivity contribution in [2.45, 2.75) is 104 Å². The predicted octanol–water partition coefficient (Wildman–Crippen LogP) is 4.74. The molecule has 0 saturated heterocycles. The molecule has 8 unspecified atom stereocenters. The van der Waals surface area contributed by atoms with Crippen molar-refractivity contribution in [2.75, 3.05) is 53.1 Å². The zero-order chi connectivity index (χ0) is 97.0. The number of esters is 7. The van der Waals surface area contributed by atoms with Crippen LogP contribution < -0.4 is 71.0 Å². The lowest BCUT2D eigenvalue weighted by Gasteiger charge is -2.19. The fourth-order valence-corrected chi connectivity index (χ4v) is 15.7. The lowest BCUT2D eigenvalue weighted by atomic mass is 10.2. The molecule has 6 aromatic carbocycles. The van der Waals surface area contributed by atoms with Crippen molar-refractivity contribution in [3.8, 4) is 34.5 Å². The number of para-hydroxylation sites is 6. The molecule has 0 bridgehead atoms. The second-order valence-corrected chi connectivity index (χ2v) is 32.4. The minimum absolute atomic E-state index is 0.00346. The van der Waals surface area contributed by atoms with E-state index < -0.39 is 175 Å². The monoisotopic (exact) mass is 1950 g/mol. The highest BCUT2D eigenvalue weighted by Crippen LogP contribution is 2.31. The van der Waals surface area contributed by atoms with Crippen LogP contribution in [-0.2, 0) is 81.4 Å². The van der Waals surface area contributed by atoms with Gasteiger partial charge in [0.1, 0.15) is 105 Å². The summed E-state index contributed by atoms with van der Waals surface area (Å²) in [6.07, 6.45) is 0. The summed E-state index contributed by atoms with van der Waals surface area (Å²) in [5.74, 6) is -15.8. The Hall–Kier alpha value is -12.5. The molecule has 0 fully saturated rings. The number of aliphatic carboxylic acids is 1. The van der Waals surface area contributed by atoms with E-state index in [2.05, 4.69) is 85.2 Å². The third kappa shape index (κ3) is 38.4. The molecular weight excluding hydrogens is 1860 g/mol. The molecule has 8 amide bonds.